The Morgan fingerprint density at radius 3 is 2.84 bits per heavy atom. The van der Waals surface area contributed by atoms with Crippen molar-refractivity contribution >= 4 is 11.6 Å². The largest absolute Gasteiger partial charge is 0.402 e. The number of nitrogens with two attached hydrogens (primary N) is 1. The standard InChI is InChI=1S/C15H18ClN3/c1-4-12-5-14(16)7-15(6-12)19-9-13(8-18-19)10(2)11(3)17/h5-10H,3-4,17H2,1-2H3. The quantitative estimate of drug-likeness (QED) is 0.925. The molecule has 0 saturated carbocycles. The maximum absolute atomic E-state index is 6.12. The number of halogens is 1. The Bertz CT molecular complexity index is 601. The number of hydrogen-bond acceptors (Lipinski definition) is 2. The van der Waals surface area contributed by atoms with Gasteiger partial charge in [0.25, 0.3) is 0 Å². The maximum Gasteiger partial charge on any atom is 0.0663 e. The molecular formula is C15H18ClN3. The van der Waals surface area contributed by atoms with Crippen LogP contribution in [-0.2, 0) is 6.42 Å². The molecule has 4 heteroatoms. The molecular weight excluding hydrogens is 258 g/mol. The lowest BCUT2D eigenvalue weighted by Gasteiger charge is -2.08. The van der Waals surface area contributed by atoms with Gasteiger partial charge >= 0.3 is 0 Å². The highest BCUT2D eigenvalue weighted by atomic mass is 35.5. The van der Waals surface area contributed by atoms with E-state index >= 15 is 0 Å². The van der Waals surface area contributed by atoms with Gasteiger partial charge in [-0.05, 0) is 35.7 Å². The van der Waals surface area contributed by atoms with Crippen LogP contribution in [0.15, 0.2) is 42.9 Å². The van der Waals surface area contributed by atoms with Crippen LogP contribution in [0.25, 0.3) is 5.69 Å². The van der Waals surface area contributed by atoms with Gasteiger partial charge in [-0.15, -0.1) is 0 Å². The number of aryl methyl sites for hydroxylation is 1. The van der Waals surface area contributed by atoms with Gasteiger partial charge in [0.05, 0.1) is 11.9 Å². The Morgan fingerprint density at radius 1 is 1.47 bits per heavy atom. The van der Waals surface area contributed by atoms with E-state index in [0.717, 1.165) is 22.7 Å². The molecule has 100 valence electrons. The Balaban J connectivity index is 2.37. The highest BCUT2D eigenvalue weighted by Gasteiger charge is 2.10. The molecule has 19 heavy (non-hydrogen) atoms. The summed E-state index contributed by atoms with van der Waals surface area (Å²) in [5.74, 6) is 0.0959. The van der Waals surface area contributed by atoms with Crippen molar-refractivity contribution in [3.05, 3.63) is 59.0 Å². The van der Waals surface area contributed by atoms with Crippen molar-refractivity contribution in [2.75, 3.05) is 0 Å². The van der Waals surface area contributed by atoms with E-state index in [1.54, 1.807) is 0 Å². The van der Waals surface area contributed by atoms with E-state index in [9.17, 15) is 0 Å². The zero-order chi connectivity index (χ0) is 14.0. The fourth-order valence-corrected chi connectivity index (χ4v) is 2.14. The molecule has 2 aromatic rings. The summed E-state index contributed by atoms with van der Waals surface area (Å²) in [6.45, 7) is 7.89. The Labute approximate surface area is 118 Å². The van der Waals surface area contributed by atoms with Gasteiger partial charge in [0, 0.05) is 22.8 Å². The van der Waals surface area contributed by atoms with E-state index in [-0.39, 0.29) is 5.92 Å². The zero-order valence-corrected chi connectivity index (χ0v) is 12.0. The minimum Gasteiger partial charge on any atom is -0.402 e. The summed E-state index contributed by atoms with van der Waals surface area (Å²) >= 11 is 6.12. The second-order valence-electron chi connectivity index (χ2n) is 4.69. The van der Waals surface area contributed by atoms with Crippen LogP contribution in [0.1, 0.15) is 30.9 Å². The van der Waals surface area contributed by atoms with Gasteiger partial charge in [0.1, 0.15) is 0 Å². The molecule has 1 aromatic carbocycles. The maximum atomic E-state index is 6.12. The second kappa shape index (κ2) is 5.49. The monoisotopic (exact) mass is 275 g/mol. The molecule has 3 nitrogen and oxygen atoms in total. The van der Waals surface area contributed by atoms with Crippen molar-refractivity contribution in [3.8, 4) is 5.69 Å². The predicted molar refractivity (Wildman–Crippen MR) is 79.7 cm³/mol. The van der Waals surface area contributed by atoms with Crippen molar-refractivity contribution in [2.45, 2.75) is 26.2 Å². The van der Waals surface area contributed by atoms with Gasteiger partial charge in [-0.1, -0.05) is 32.0 Å². The number of rotatable bonds is 4. The lowest BCUT2D eigenvalue weighted by Crippen LogP contribution is -2.04. The molecule has 0 aliphatic rings. The Hall–Kier alpha value is -1.74. The number of benzene rings is 1. The summed E-state index contributed by atoms with van der Waals surface area (Å²) in [5.41, 5.74) is 9.57. The van der Waals surface area contributed by atoms with Crippen molar-refractivity contribution in [1.29, 1.82) is 0 Å². The number of aromatic nitrogens is 2. The lowest BCUT2D eigenvalue weighted by atomic mass is 10.0. The fraction of sp³-hybridized carbons (Fsp3) is 0.267. The third-order valence-corrected chi connectivity index (χ3v) is 3.49. The molecule has 1 unspecified atom stereocenters. The minimum atomic E-state index is 0.0959. The molecule has 0 radical (unpaired) electrons. The number of nitrogens with zero attached hydrogens (tertiary/aromatic N) is 2. The molecule has 0 aliphatic heterocycles. The van der Waals surface area contributed by atoms with Crippen LogP contribution in [0, 0.1) is 0 Å². The molecule has 0 bridgehead atoms. The zero-order valence-electron chi connectivity index (χ0n) is 11.2. The van der Waals surface area contributed by atoms with E-state index in [1.165, 1.54) is 5.56 Å². The topological polar surface area (TPSA) is 43.8 Å². The summed E-state index contributed by atoms with van der Waals surface area (Å²) in [4.78, 5) is 0. The van der Waals surface area contributed by atoms with Gasteiger partial charge in [-0.2, -0.15) is 5.10 Å². The molecule has 0 aliphatic carbocycles. The number of allylic oxidation sites excluding steroid dienone is 1. The van der Waals surface area contributed by atoms with Crippen LogP contribution >= 0.6 is 11.6 Å². The van der Waals surface area contributed by atoms with Crippen LogP contribution in [0.5, 0.6) is 0 Å². The van der Waals surface area contributed by atoms with Crippen LogP contribution in [0.2, 0.25) is 5.02 Å². The summed E-state index contributed by atoms with van der Waals surface area (Å²) in [6.07, 6.45) is 4.72. The third kappa shape index (κ3) is 2.99. The first-order valence-electron chi connectivity index (χ1n) is 6.30. The third-order valence-electron chi connectivity index (χ3n) is 3.27. The van der Waals surface area contributed by atoms with E-state index in [2.05, 4.69) is 24.7 Å². The van der Waals surface area contributed by atoms with E-state index in [1.807, 2.05) is 36.1 Å². The lowest BCUT2D eigenvalue weighted by molar-refractivity contribution is 0.866. The van der Waals surface area contributed by atoms with E-state index < -0.39 is 0 Å². The van der Waals surface area contributed by atoms with Gasteiger partial charge in [-0.25, -0.2) is 4.68 Å². The predicted octanol–water partition coefficient (Wildman–Crippen LogP) is 3.66. The normalized spacial score (nSPS) is 12.4. The average molecular weight is 276 g/mol. The first-order chi connectivity index (χ1) is 9.01. The molecule has 0 saturated heterocycles. The van der Waals surface area contributed by atoms with Gasteiger partial charge in [0.15, 0.2) is 0 Å². The summed E-state index contributed by atoms with van der Waals surface area (Å²) < 4.78 is 1.82. The molecule has 2 rings (SSSR count). The molecule has 1 aromatic heterocycles. The minimum absolute atomic E-state index is 0.0959. The van der Waals surface area contributed by atoms with Crippen molar-refractivity contribution in [1.82, 2.24) is 9.78 Å². The Morgan fingerprint density at radius 2 is 2.21 bits per heavy atom. The summed E-state index contributed by atoms with van der Waals surface area (Å²) in [5, 5.41) is 5.09. The first kappa shape index (κ1) is 13.7. The molecule has 0 fully saturated rings. The Kier molecular flexibility index (Phi) is 3.96. The van der Waals surface area contributed by atoms with Crippen LogP contribution < -0.4 is 5.73 Å². The summed E-state index contributed by atoms with van der Waals surface area (Å²) in [6, 6.07) is 5.96. The van der Waals surface area contributed by atoms with Crippen LogP contribution in [0.4, 0.5) is 0 Å². The molecule has 2 N–H and O–H groups in total. The van der Waals surface area contributed by atoms with E-state index in [4.69, 9.17) is 17.3 Å². The van der Waals surface area contributed by atoms with Gasteiger partial charge in [-0.3, -0.25) is 0 Å². The van der Waals surface area contributed by atoms with Crippen LogP contribution in [-0.4, -0.2) is 9.78 Å². The van der Waals surface area contributed by atoms with Crippen LogP contribution in [0.3, 0.4) is 0 Å². The molecule has 0 amide bonds. The van der Waals surface area contributed by atoms with Crippen molar-refractivity contribution in [3.63, 3.8) is 0 Å². The van der Waals surface area contributed by atoms with Crippen molar-refractivity contribution < 1.29 is 0 Å². The molecule has 0 spiro atoms. The SMILES string of the molecule is C=C(N)C(C)c1cnn(-c2cc(Cl)cc(CC)c2)c1. The highest BCUT2D eigenvalue weighted by Crippen LogP contribution is 2.22. The average Bonchev–Trinajstić information content (AvgIpc) is 2.86. The van der Waals surface area contributed by atoms with Crippen molar-refractivity contribution in [2.24, 2.45) is 5.73 Å². The molecule has 1 atom stereocenters. The first-order valence-corrected chi connectivity index (χ1v) is 6.67. The highest BCUT2D eigenvalue weighted by molar-refractivity contribution is 6.30. The fourth-order valence-electron chi connectivity index (χ4n) is 1.89. The second-order valence-corrected chi connectivity index (χ2v) is 5.12. The number of hydrogen-bond donors (Lipinski definition) is 1. The van der Waals surface area contributed by atoms with Gasteiger partial charge < -0.3 is 5.73 Å². The summed E-state index contributed by atoms with van der Waals surface area (Å²) in [7, 11) is 0. The smallest absolute Gasteiger partial charge is 0.0663 e. The van der Waals surface area contributed by atoms with Gasteiger partial charge in [0.2, 0.25) is 0 Å². The molecule has 1 heterocycles. The van der Waals surface area contributed by atoms with E-state index in [0.29, 0.717) is 5.70 Å².